The summed E-state index contributed by atoms with van der Waals surface area (Å²) in [6, 6.07) is 5.20. The summed E-state index contributed by atoms with van der Waals surface area (Å²) in [5.74, 6) is 2.07. The molecule has 0 amide bonds. The Morgan fingerprint density at radius 2 is 1.87 bits per heavy atom. The molecule has 2 atom stereocenters. The molecule has 2 aliphatic rings. The minimum atomic E-state index is -0.0703. The van der Waals surface area contributed by atoms with Gasteiger partial charge in [-0.1, -0.05) is 24.4 Å². The van der Waals surface area contributed by atoms with Crippen molar-refractivity contribution in [1.82, 2.24) is 0 Å². The molecule has 0 radical (unpaired) electrons. The molecule has 5 heteroatoms. The number of rotatable bonds is 3. The van der Waals surface area contributed by atoms with Gasteiger partial charge in [0.25, 0.3) is 0 Å². The summed E-state index contributed by atoms with van der Waals surface area (Å²) < 4.78 is 26.9. The Hall–Kier alpha value is -1.28. The molecule has 3 rings (SSSR count). The summed E-state index contributed by atoms with van der Waals surface area (Å²) in [6.45, 7) is 4.60. The zero-order valence-electron chi connectivity index (χ0n) is 13.6. The number of nitriles is 1. The quantitative estimate of drug-likeness (QED) is 0.388. The second-order valence-electron chi connectivity index (χ2n) is 7.58. The highest BCUT2D eigenvalue weighted by molar-refractivity contribution is 7.94. The first-order valence-corrected chi connectivity index (χ1v) is 8.98. The van der Waals surface area contributed by atoms with Gasteiger partial charge in [0.15, 0.2) is 0 Å². The maximum atomic E-state index is 13.6. The lowest BCUT2D eigenvalue weighted by Crippen LogP contribution is -2.42. The number of halogens is 2. The van der Waals surface area contributed by atoms with Crippen LogP contribution >= 0.6 is 12.1 Å². The number of anilines is 1. The van der Waals surface area contributed by atoms with E-state index in [0.717, 1.165) is 30.7 Å². The summed E-state index contributed by atoms with van der Waals surface area (Å²) in [5.41, 5.74) is 1.18. The molecule has 1 aromatic rings. The van der Waals surface area contributed by atoms with Gasteiger partial charge in [-0.3, -0.25) is 0 Å². The third-order valence-electron chi connectivity index (χ3n) is 5.58. The molecule has 0 saturated heterocycles. The van der Waals surface area contributed by atoms with E-state index in [1.54, 1.807) is 12.1 Å². The molecule has 0 aliphatic heterocycles. The minimum Gasteiger partial charge on any atom is -0.170 e. The number of hydrogen-bond donors (Lipinski definition) is 0. The van der Waals surface area contributed by atoms with Gasteiger partial charge >= 0.3 is 0 Å². The Labute approximate surface area is 141 Å². The van der Waals surface area contributed by atoms with Crippen LogP contribution in [0.5, 0.6) is 0 Å². The summed E-state index contributed by atoms with van der Waals surface area (Å²) in [6.07, 6.45) is 7.33. The molecule has 0 N–H and O–H groups in total. The van der Waals surface area contributed by atoms with E-state index in [1.165, 1.54) is 19.0 Å². The first-order valence-electron chi connectivity index (χ1n) is 8.26. The van der Waals surface area contributed by atoms with E-state index >= 15 is 0 Å². The fourth-order valence-corrected chi connectivity index (χ4v) is 5.58. The molecule has 2 unspecified atom stereocenters. The van der Waals surface area contributed by atoms with Gasteiger partial charge in [0.2, 0.25) is 6.19 Å². The van der Waals surface area contributed by atoms with E-state index in [9.17, 15) is 8.37 Å². The Morgan fingerprint density at radius 3 is 2.43 bits per heavy atom. The van der Waals surface area contributed by atoms with E-state index in [4.69, 9.17) is 5.26 Å². The minimum absolute atomic E-state index is 0.00980. The number of benzene rings is 1. The Morgan fingerprint density at radius 1 is 1.22 bits per heavy atom. The summed E-state index contributed by atoms with van der Waals surface area (Å²) in [7, 11) is 0. The zero-order chi connectivity index (χ0) is 16.6. The lowest BCUT2D eigenvalue weighted by molar-refractivity contribution is 0.0779. The molecule has 23 heavy (non-hydrogen) atoms. The fourth-order valence-electron chi connectivity index (χ4n) is 5.18. The van der Waals surface area contributed by atoms with E-state index in [0.29, 0.717) is 11.8 Å². The van der Waals surface area contributed by atoms with Gasteiger partial charge in [-0.05, 0) is 73.0 Å². The molecule has 2 bridgehead atoms. The fraction of sp³-hybridized carbons (Fsp3) is 0.611. The second kappa shape index (κ2) is 6.32. The molecule has 124 valence electrons. The van der Waals surface area contributed by atoms with Gasteiger partial charge in [0.1, 0.15) is 5.69 Å². The zero-order valence-corrected chi connectivity index (χ0v) is 14.4. The van der Waals surface area contributed by atoms with Crippen LogP contribution in [0.25, 0.3) is 0 Å². The molecule has 0 heterocycles. The number of hydrogen-bond acceptors (Lipinski definition) is 3. The van der Waals surface area contributed by atoms with Crippen molar-refractivity contribution in [3.8, 4) is 6.19 Å². The lowest BCUT2D eigenvalue weighted by atomic mass is 9.54. The van der Waals surface area contributed by atoms with Gasteiger partial charge in [0, 0.05) is 0 Å². The highest BCUT2D eigenvalue weighted by atomic mass is 32.2. The van der Waals surface area contributed by atoms with Crippen LogP contribution in [0.4, 0.5) is 14.1 Å². The Bertz CT molecular complexity index is 608. The van der Waals surface area contributed by atoms with Crippen molar-refractivity contribution in [3.63, 3.8) is 0 Å². The summed E-state index contributed by atoms with van der Waals surface area (Å²) in [5, 5.41) is 8.64. The average molecular weight is 336 g/mol. The number of fused-ring (bicyclic) bond motifs is 2. The SMILES string of the molecule is CC1CC2CC(C)CC(c3ccc(N(F)C#N)c(SF)c3)(C1)C2. The maximum Gasteiger partial charge on any atom is 0.215 e. The van der Waals surface area contributed by atoms with Gasteiger partial charge < -0.3 is 0 Å². The lowest BCUT2D eigenvalue weighted by Gasteiger charge is -2.50. The van der Waals surface area contributed by atoms with Crippen LogP contribution in [0.2, 0.25) is 0 Å². The normalized spacial score (nSPS) is 33.1. The van der Waals surface area contributed by atoms with Crippen molar-refractivity contribution in [1.29, 1.82) is 5.26 Å². The average Bonchev–Trinajstić information content (AvgIpc) is 2.52. The molecule has 2 nitrogen and oxygen atoms in total. The van der Waals surface area contributed by atoms with E-state index in [1.807, 2.05) is 6.07 Å². The smallest absolute Gasteiger partial charge is 0.170 e. The predicted molar refractivity (Wildman–Crippen MR) is 89.2 cm³/mol. The molecule has 2 saturated carbocycles. The molecule has 0 spiro atoms. The maximum absolute atomic E-state index is 13.6. The molecule has 2 fully saturated rings. The van der Waals surface area contributed by atoms with Crippen molar-refractivity contribution in [2.75, 3.05) is 5.12 Å². The third-order valence-corrected chi connectivity index (χ3v) is 6.08. The monoisotopic (exact) mass is 336 g/mol. The topological polar surface area (TPSA) is 27.0 Å². The van der Waals surface area contributed by atoms with Crippen LogP contribution in [0, 0.1) is 29.2 Å². The van der Waals surface area contributed by atoms with Crippen molar-refractivity contribution < 1.29 is 8.37 Å². The van der Waals surface area contributed by atoms with Gasteiger partial charge in [-0.25, -0.2) is 0 Å². The molecule has 2 aliphatic carbocycles. The second-order valence-corrected chi connectivity index (χ2v) is 8.18. The van der Waals surface area contributed by atoms with Gasteiger partial charge in [-0.2, -0.15) is 9.15 Å². The molecule has 1 aromatic carbocycles. The molecular formula is C18H22F2N2S. The van der Waals surface area contributed by atoms with Crippen LogP contribution in [0.1, 0.15) is 51.5 Å². The highest BCUT2D eigenvalue weighted by Gasteiger charge is 2.45. The summed E-state index contributed by atoms with van der Waals surface area (Å²) >= 11 is 0.0141. The standard InChI is InChI=1S/C18H22F2N2S/c1-12-5-14-6-13(2)9-18(8-12,10-14)15-3-4-16(22(19)11-21)17(7-15)23-20/h3-4,7,12-14H,5-6,8-10H2,1-2H3. The van der Waals surface area contributed by atoms with Crippen LogP contribution in [-0.2, 0) is 5.41 Å². The Kier molecular flexibility index (Phi) is 4.55. The third kappa shape index (κ3) is 3.06. The summed E-state index contributed by atoms with van der Waals surface area (Å²) in [4.78, 5) is 0.189. The largest absolute Gasteiger partial charge is 0.215 e. The van der Waals surface area contributed by atoms with E-state index in [-0.39, 0.29) is 33.3 Å². The van der Waals surface area contributed by atoms with Gasteiger partial charge in [-0.15, -0.1) is 5.12 Å². The van der Waals surface area contributed by atoms with Gasteiger partial charge in [0.05, 0.1) is 17.0 Å². The van der Waals surface area contributed by atoms with Crippen molar-refractivity contribution in [2.45, 2.75) is 56.3 Å². The first kappa shape index (κ1) is 16.6. The van der Waals surface area contributed by atoms with Crippen molar-refractivity contribution in [3.05, 3.63) is 23.8 Å². The van der Waals surface area contributed by atoms with Crippen molar-refractivity contribution in [2.24, 2.45) is 17.8 Å². The van der Waals surface area contributed by atoms with Crippen LogP contribution in [-0.4, -0.2) is 0 Å². The van der Waals surface area contributed by atoms with Crippen LogP contribution < -0.4 is 5.12 Å². The van der Waals surface area contributed by atoms with Crippen molar-refractivity contribution >= 4 is 17.8 Å². The van der Waals surface area contributed by atoms with Crippen LogP contribution in [0.15, 0.2) is 23.1 Å². The van der Waals surface area contributed by atoms with Crippen LogP contribution in [0.3, 0.4) is 0 Å². The Balaban J connectivity index is 2.01. The van der Waals surface area contributed by atoms with E-state index in [2.05, 4.69) is 13.8 Å². The molecule has 0 aromatic heterocycles. The highest BCUT2D eigenvalue weighted by Crippen LogP contribution is 2.54. The number of nitrogens with zero attached hydrogens (tertiary/aromatic N) is 2. The van der Waals surface area contributed by atoms with E-state index < -0.39 is 0 Å². The predicted octanol–water partition coefficient (Wildman–Crippen LogP) is 5.94. The first-order chi connectivity index (χ1) is 11.0. The molecular weight excluding hydrogens is 314 g/mol.